The van der Waals surface area contributed by atoms with E-state index in [0.29, 0.717) is 0 Å². The molecule has 0 unspecified atom stereocenters. The van der Waals surface area contributed by atoms with Crippen LogP contribution in [0.5, 0.6) is 0 Å². The van der Waals surface area contributed by atoms with E-state index < -0.39 is 0 Å². The molecule has 0 spiro atoms. The molecule has 2 nitrogen and oxygen atoms in total. The van der Waals surface area contributed by atoms with Crippen LogP contribution in [0.15, 0.2) is 30.9 Å². The molecule has 0 saturated heterocycles. The Balaban J connectivity index is 2.50. The van der Waals surface area contributed by atoms with Gasteiger partial charge in [0.2, 0.25) is 0 Å². The Morgan fingerprint density at radius 3 is 2.76 bits per heavy atom. The smallest absolute Gasteiger partial charge is 0.143 e. The molecule has 0 N–H and O–H groups in total. The highest BCUT2D eigenvalue weighted by Crippen LogP contribution is 2.28. The monoisotopic (exact) mass is 242 g/mol. The fraction of sp³-hybridized carbons (Fsp3) is 0.143. The standard InChI is InChI=1S/C14H14N2S/c1-4-7-13-11(5-2)16-14(17-13)12-9-6-8-10(3)15-12/h4-9H,2H2,1,3H3/b7-4-. The summed E-state index contributed by atoms with van der Waals surface area (Å²) < 4.78 is 0. The maximum atomic E-state index is 4.55. The lowest BCUT2D eigenvalue weighted by Gasteiger charge is -1.95. The number of nitrogens with zero attached hydrogens (tertiary/aromatic N) is 2. The molecule has 2 aromatic heterocycles. The van der Waals surface area contributed by atoms with Gasteiger partial charge in [0.25, 0.3) is 0 Å². The number of rotatable bonds is 3. The normalized spacial score (nSPS) is 10.9. The Kier molecular flexibility index (Phi) is 3.49. The fourth-order valence-electron chi connectivity index (χ4n) is 1.53. The molecule has 86 valence electrons. The highest BCUT2D eigenvalue weighted by atomic mass is 32.1. The average Bonchev–Trinajstić information content (AvgIpc) is 2.73. The van der Waals surface area contributed by atoms with Crippen molar-refractivity contribution >= 4 is 23.5 Å². The molecule has 0 atom stereocenters. The lowest BCUT2D eigenvalue weighted by atomic mass is 10.3. The van der Waals surface area contributed by atoms with E-state index >= 15 is 0 Å². The van der Waals surface area contributed by atoms with Crippen LogP contribution in [-0.4, -0.2) is 9.97 Å². The number of hydrogen-bond acceptors (Lipinski definition) is 3. The number of aromatic nitrogens is 2. The van der Waals surface area contributed by atoms with E-state index in [4.69, 9.17) is 0 Å². The third kappa shape index (κ3) is 2.50. The lowest BCUT2D eigenvalue weighted by molar-refractivity contribution is 1.19. The largest absolute Gasteiger partial charge is 0.251 e. The summed E-state index contributed by atoms with van der Waals surface area (Å²) in [5, 5.41) is 0.941. The number of allylic oxidation sites excluding steroid dienone is 1. The van der Waals surface area contributed by atoms with Crippen molar-refractivity contribution in [3.63, 3.8) is 0 Å². The van der Waals surface area contributed by atoms with Crippen LogP contribution >= 0.6 is 11.3 Å². The molecule has 3 heteroatoms. The molecule has 0 bridgehead atoms. The van der Waals surface area contributed by atoms with Gasteiger partial charge in [-0.1, -0.05) is 18.7 Å². The van der Waals surface area contributed by atoms with Gasteiger partial charge in [-0.15, -0.1) is 11.3 Å². The molecule has 2 heterocycles. The van der Waals surface area contributed by atoms with E-state index in [1.807, 2.05) is 44.2 Å². The zero-order valence-corrected chi connectivity index (χ0v) is 10.8. The summed E-state index contributed by atoms with van der Waals surface area (Å²) in [6.07, 6.45) is 5.84. The number of aryl methyl sites for hydroxylation is 1. The summed E-state index contributed by atoms with van der Waals surface area (Å²) in [6, 6.07) is 5.97. The summed E-state index contributed by atoms with van der Waals surface area (Å²) in [5.41, 5.74) is 2.85. The van der Waals surface area contributed by atoms with Gasteiger partial charge in [-0.05, 0) is 38.1 Å². The minimum Gasteiger partial charge on any atom is -0.251 e. The molecule has 0 aromatic carbocycles. The number of thiazole rings is 1. The van der Waals surface area contributed by atoms with Crippen molar-refractivity contribution in [2.24, 2.45) is 0 Å². The summed E-state index contributed by atoms with van der Waals surface area (Å²) in [5.74, 6) is 0. The summed E-state index contributed by atoms with van der Waals surface area (Å²) in [4.78, 5) is 10.2. The van der Waals surface area contributed by atoms with Crippen LogP contribution in [0.1, 0.15) is 23.2 Å². The Morgan fingerprint density at radius 1 is 1.29 bits per heavy atom. The Morgan fingerprint density at radius 2 is 2.12 bits per heavy atom. The van der Waals surface area contributed by atoms with Crippen LogP contribution < -0.4 is 0 Å². The first kappa shape index (κ1) is 11.7. The Hall–Kier alpha value is -1.74. The summed E-state index contributed by atoms with van der Waals surface area (Å²) >= 11 is 1.64. The third-order valence-electron chi connectivity index (χ3n) is 2.30. The third-order valence-corrected chi connectivity index (χ3v) is 3.36. The maximum Gasteiger partial charge on any atom is 0.143 e. The van der Waals surface area contributed by atoms with E-state index in [1.165, 1.54) is 0 Å². The summed E-state index contributed by atoms with van der Waals surface area (Å²) in [6.45, 7) is 7.77. The molecule has 2 aromatic rings. The van der Waals surface area contributed by atoms with Crippen molar-refractivity contribution in [2.45, 2.75) is 13.8 Å². The quantitative estimate of drug-likeness (QED) is 0.806. The van der Waals surface area contributed by atoms with Crippen molar-refractivity contribution in [1.29, 1.82) is 0 Å². The van der Waals surface area contributed by atoms with Crippen LogP contribution in [0.3, 0.4) is 0 Å². The fourth-order valence-corrected chi connectivity index (χ4v) is 2.54. The molecule has 0 aliphatic heterocycles. The van der Waals surface area contributed by atoms with Crippen molar-refractivity contribution in [1.82, 2.24) is 9.97 Å². The minimum atomic E-state index is 0.923. The SMILES string of the molecule is C=Cc1nc(-c2cccc(C)n2)sc1/C=C\C. The molecular formula is C14H14N2S. The van der Waals surface area contributed by atoms with Crippen LogP contribution in [-0.2, 0) is 0 Å². The van der Waals surface area contributed by atoms with E-state index in [9.17, 15) is 0 Å². The second kappa shape index (κ2) is 5.06. The average molecular weight is 242 g/mol. The van der Waals surface area contributed by atoms with Gasteiger partial charge in [-0.2, -0.15) is 0 Å². The van der Waals surface area contributed by atoms with E-state index in [1.54, 1.807) is 17.4 Å². The van der Waals surface area contributed by atoms with Crippen molar-refractivity contribution in [3.8, 4) is 10.7 Å². The van der Waals surface area contributed by atoms with Gasteiger partial charge in [0.1, 0.15) is 5.01 Å². The molecule has 0 fully saturated rings. The van der Waals surface area contributed by atoms with E-state index in [0.717, 1.165) is 27.0 Å². The van der Waals surface area contributed by atoms with Crippen molar-refractivity contribution in [3.05, 3.63) is 47.1 Å². The highest BCUT2D eigenvalue weighted by molar-refractivity contribution is 7.16. The molecule has 0 saturated carbocycles. The minimum absolute atomic E-state index is 0.923. The van der Waals surface area contributed by atoms with Gasteiger partial charge in [0.05, 0.1) is 16.3 Å². The molecule has 0 amide bonds. The van der Waals surface area contributed by atoms with Gasteiger partial charge in [-0.25, -0.2) is 4.98 Å². The second-order valence-electron chi connectivity index (χ2n) is 3.64. The summed E-state index contributed by atoms with van der Waals surface area (Å²) in [7, 11) is 0. The number of hydrogen-bond donors (Lipinski definition) is 0. The van der Waals surface area contributed by atoms with Gasteiger partial charge >= 0.3 is 0 Å². The van der Waals surface area contributed by atoms with Crippen molar-refractivity contribution in [2.75, 3.05) is 0 Å². The van der Waals surface area contributed by atoms with Crippen LogP contribution in [0, 0.1) is 6.92 Å². The molecule has 2 rings (SSSR count). The number of pyridine rings is 1. The van der Waals surface area contributed by atoms with E-state index in [-0.39, 0.29) is 0 Å². The first-order valence-corrected chi connectivity index (χ1v) is 6.26. The lowest BCUT2D eigenvalue weighted by Crippen LogP contribution is -1.85. The molecular weight excluding hydrogens is 228 g/mol. The van der Waals surface area contributed by atoms with Crippen LogP contribution in [0.4, 0.5) is 0 Å². The van der Waals surface area contributed by atoms with Gasteiger partial charge in [0.15, 0.2) is 0 Å². The Bertz CT molecular complexity index is 567. The van der Waals surface area contributed by atoms with Crippen molar-refractivity contribution < 1.29 is 0 Å². The van der Waals surface area contributed by atoms with Gasteiger partial charge in [0, 0.05) is 5.69 Å². The van der Waals surface area contributed by atoms with Crippen LogP contribution in [0.2, 0.25) is 0 Å². The van der Waals surface area contributed by atoms with Gasteiger partial charge < -0.3 is 0 Å². The van der Waals surface area contributed by atoms with Gasteiger partial charge in [-0.3, -0.25) is 4.98 Å². The zero-order chi connectivity index (χ0) is 12.3. The molecule has 0 aliphatic carbocycles. The second-order valence-corrected chi connectivity index (χ2v) is 4.67. The maximum absolute atomic E-state index is 4.55. The van der Waals surface area contributed by atoms with E-state index in [2.05, 4.69) is 16.5 Å². The zero-order valence-electron chi connectivity index (χ0n) is 9.97. The molecule has 17 heavy (non-hydrogen) atoms. The molecule has 0 aliphatic rings. The Labute approximate surface area is 105 Å². The molecule has 0 radical (unpaired) electrons. The topological polar surface area (TPSA) is 25.8 Å². The van der Waals surface area contributed by atoms with Crippen LogP contribution in [0.25, 0.3) is 22.9 Å². The first-order chi connectivity index (χ1) is 8.24. The first-order valence-electron chi connectivity index (χ1n) is 5.44. The predicted octanol–water partition coefficient (Wildman–Crippen LogP) is 4.19. The predicted molar refractivity (Wildman–Crippen MR) is 74.9 cm³/mol. The highest BCUT2D eigenvalue weighted by Gasteiger charge is 2.09.